The van der Waals surface area contributed by atoms with Crippen molar-refractivity contribution in [1.82, 2.24) is 0 Å². The summed E-state index contributed by atoms with van der Waals surface area (Å²) < 4.78 is 50.9. The Balaban J connectivity index is 2.22. The molecule has 110 valence electrons. The molecule has 5 nitrogen and oxygen atoms in total. The van der Waals surface area contributed by atoms with Crippen molar-refractivity contribution in [3.63, 3.8) is 0 Å². The number of anilines is 1. The molecule has 1 heterocycles. The molecule has 0 spiro atoms. The molecule has 1 unspecified atom stereocenters. The third-order valence-electron chi connectivity index (χ3n) is 2.84. The van der Waals surface area contributed by atoms with Gasteiger partial charge in [-0.2, -0.15) is 8.78 Å². The van der Waals surface area contributed by atoms with Gasteiger partial charge in [0.05, 0.1) is 0 Å². The van der Waals surface area contributed by atoms with Gasteiger partial charge in [-0.1, -0.05) is 6.07 Å². The first-order valence-corrected chi connectivity index (χ1v) is 7.93. The van der Waals surface area contributed by atoms with Crippen molar-refractivity contribution in [2.24, 2.45) is 0 Å². The van der Waals surface area contributed by atoms with Crippen LogP contribution in [0, 0.1) is 0 Å². The first-order valence-electron chi connectivity index (χ1n) is 5.56. The number of alkyl halides is 2. The molecule has 0 bridgehead atoms. The predicted octanol–water partition coefficient (Wildman–Crippen LogP) is 1.96. The number of nitrogens with zero attached hydrogens (tertiary/aromatic N) is 1. The summed E-state index contributed by atoms with van der Waals surface area (Å²) in [7, 11) is 1.38. The molecule has 1 aliphatic rings. The molecule has 1 aromatic rings. The number of carbonyl (C=O) groups is 1. The molecule has 20 heavy (non-hydrogen) atoms. The first kappa shape index (κ1) is 15.0. The van der Waals surface area contributed by atoms with Gasteiger partial charge >= 0.3 is 6.61 Å². The third kappa shape index (κ3) is 3.37. The Bertz CT molecular complexity index is 623. The van der Waals surface area contributed by atoms with Crippen molar-refractivity contribution in [2.75, 3.05) is 11.4 Å². The van der Waals surface area contributed by atoms with Gasteiger partial charge in [-0.3, -0.25) is 4.79 Å². The van der Waals surface area contributed by atoms with Crippen LogP contribution < -0.4 is 9.64 Å². The Morgan fingerprint density at radius 1 is 1.40 bits per heavy atom. The number of hydrogen-bond donors (Lipinski definition) is 0. The molecule has 2 rings (SSSR count). The summed E-state index contributed by atoms with van der Waals surface area (Å²) >= 11 is 0. The van der Waals surface area contributed by atoms with E-state index in [1.807, 2.05) is 0 Å². The van der Waals surface area contributed by atoms with E-state index in [1.165, 1.54) is 29.2 Å². The Kier molecular flexibility index (Phi) is 4.14. The Hall–Kier alpha value is -1.41. The minimum atomic E-state index is -3.85. The second-order valence-electron chi connectivity index (χ2n) is 4.18. The van der Waals surface area contributed by atoms with Gasteiger partial charge < -0.3 is 9.64 Å². The van der Waals surface area contributed by atoms with Gasteiger partial charge in [0.25, 0.3) is 0 Å². The zero-order chi connectivity index (χ0) is 14.9. The van der Waals surface area contributed by atoms with Crippen molar-refractivity contribution in [3.05, 3.63) is 24.3 Å². The van der Waals surface area contributed by atoms with Gasteiger partial charge in [-0.15, -0.1) is 0 Å². The summed E-state index contributed by atoms with van der Waals surface area (Å²) in [6.45, 7) is -3.08. The van der Waals surface area contributed by atoms with Gasteiger partial charge in [-0.05, 0) is 12.1 Å². The summed E-state index contributed by atoms with van der Waals surface area (Å²) in [6, 6.07) is 5.49. The van der Waals surface area contributed by atoms with Crippen LogP contribution in [0.5, 0.6) is 5.75 Å². The normalized spacial score (nSPS) is 19.7. The topological polar surface area (TPSA) is 63.7 Å². The number of benzene rings is 1. The summed E-state index contributed by atoms with van der Waals surface area (Å²) in [6.07, 6.45) is -0.230. The molecule has 1 amide bonds. The van der Waals surface area contributed by atoms with Crippen LogP contribution in [0.15, 0.2) is 24.3 Å². The van der Waals surface area contributed by atoms with E-state index in [2.05, 4.69) is 4.74 Å². The zero-order valence-electron chi connectivity index (χ0n) is 10.0. The lowest BCUT2D eigenvalue weighted by Gasteiger charge is -2.17. The SMILES string of the molecule is O=C1CC(S(=O)(=O)Cl)CN1c1cccc(OC(F)F)c1. The maximum absolute atomic E-state index is 12.1. The molecule has 0 N–H and O–H groups in total. The van der Waals surface area contributed by atoms with Gasteiger partial charge in [-0.25, -0.2) is 8.42 Å². The van der Waals surface area contributed by atoms with E-state index in [9.17, 15) is 22.0 Å². The summed E-state index contributed by atoms with van der Waals surface area (Å²) in [5, 5.41) is -1.00. The quantitative estimate of drug-likeness (QED) is 0.794. The number of hydrogen-bond acceptors (Lipinski definition) is 4. The van der Waals surface area contributed by atoms with E-state index < -0.39 is 26.8 Å². The highest BCUT2D eigenvalue weighted by Crippen LogP contribution is 2.29. The van der Waals surface area contributed by atoms with E-state index in [1.54, 1.807) is 0 Å². The smallest absolute Gasteiger partial charge is 0.387 e. The highest BCUT2D eigenvalue weighted by Gasteiger charge is 2.38. The lowest BCUT2D eigenvalue weighted by molar-refractivity contribution is -0.117. The summed E-state index contributed by atoms with van der Waals surface area (Å²) in [5.41, 5.74) is 0.288. The van der Waals surface area contributed by atoms with Crippen molar-refractivity contribution in [3.8, 4) is 5.75 Å². The molecule has 1 aromatic carbocycles. The molecule has 0 radical (unpaired) electrons. The predicted molar refractivity (Wildman–Crippen MR) is 68.6 cm³/mol. The van der Waals surface area contributed by atoms with Crippen LogP contribution in [0.4, 0.5) is 14.5 Å². The molecule has 0 saturated carbocycles. The van der Waals surface area contributed by atoms with Crippen molar-refractivity contribution >= 4 is 31.3 Å². The van der Waals surface area contributed by atoms with Crippen LogP contribution in [-0.2, 0) is 13.8 Å². The Morgan fingerprint density at radius 2 is 2.10 bits per heavy atom. The van der Waals surface area contributed by atoms with Gasteiger partial charge in [0.15, 0.2) is 0 Å². The minimum absolute atomic E-state index is 0.108. The van der Waals surface area contributed by atoms with Crippen LogP contribution in [-0.4, -0.2) is 32.7 Å². The van der Waals surface area contributed by atoms with Crippen LogP contribution in [0.25, 0.3) is 0 Å². The van der Waals surface area contributed by atoms with Gasteiger partial charge in [0, 0.05) is 35.4 Å². The second kappa shape index (κ2) is 5.53. The number of halogens is 3. The van der Waals surface area contributed by atoms with Crippen LogP contribution >= 0.6 is 10.7 Å². The number of amides is 1. The third-order valence-corrected chi connectivity index (χ3v) is 4.71. The molecule has 1 fully saturated rings. The maximum Gasteiger partial charge on any atom is 0.387 e. The Labute approximate surface area is 118 Å². The van der Waals surface area contributed by atoms with E-state index in [-0.39, 0.29) is 24.4 Å². The monoisotopic (exact) mass is 325 g/mol. The average molecular weight is 326 g/mol. The lowest BCUT2D eigenvalue weighted by Crippen LogP contribution is -2.26. The van der Waals surface area contributed by atoms with Crippen molar-refractivity contribution in [2.45, 2.75) is 18.3 Å². The average Bonchev–Trinajstić information content (AvgIpc) is 2.70. The lowest BCUT2D eigenvalue weighted by atomic mass is 10.3. The highest BCUT2D eigenvalue weighted by molar-refractivity contribution is 8.14. The molecule has 1 aliphatic heterocycles. The Morgan fingerprint density at radius 3 is 2.65 bits per heavy atom. The van der Waals surface area contributed by atoms with E-state index in [0.29, 0.717) is 0 Å². The zero-order valence-corrected chi connectivity index (χ0v) is 11.6. The fourth-order valence-corrected chi connectivity index (χ4v) is 2.97. The standard InChI is InChI=1S/C11H10ClF2NO4S/c12-20(17,18)9-5-10(16)15(6-9)7-2-1-3-8(4-7)19-11(13)14/h1-4,9,11H,5-6H2. The van der Waals surface area contributed by atoms with Crippen LogP contribution in [0.3, 0.4) is 0 Å². The highest BCUT2D eigenvalue weighted by atomic mass is 35.7. The molecule has 0 aromatic heterocycles. The van der Waals surface area contributed by atoms with Gasteiger partial charge in [0.2, 0.25) is 15.0 Å². The molecule has 0 aliphatic carbocycles. The van der Waals surface area contributed by atoms with Crippen molar-refractivity contribution < 1.29 is 26.7 Å². The van der Waals surface area contributed by atoms with Crippen molar-refractivity contribution in [1.29, 1.82) is 0 Å². The largest absolute Gasteiger partial charge is 0.435 e. The number of ether oxygens (including phenoxy) is 1. The van der Waals surface area contributed by atoms with E-state index in [4.69, 9.17) is 10.7 Å². The maximum atomic E-state index is 12.1. The van der Waals surface area contributed by atoms with Crippen LogP contribution in [0.2, 0.25) is 0 Å². The molecule has 9 heteroatoms. The first-order chi connectivity index (χ1) is 9.27. The minimum Gasteiger partial charge on any atom is -0.435 e. The van der Waals surface area contributed by atoms with Gasteiger partial charge in [0.1, 0.15) is 11.0 Å². The van der Waals surface area contributed by atoms with E-state index in [0.717, 1.165) is 0 Å². The molecular formula is C11H10ClF2NO4S. The second-order valence-corrected chi connectivity index (χ2v) is 7.09. The molecular weight excluding hydrogens is 316 g/mol. The molecule has 1 saturated heterocycles. The summed E-state index contributed by atoms with van der Waals surface area (Å²) in [5.74, 6) is -0.545. The number of rotatable bonds is 4. The molecule has 1 atom stereocenters. The fraction of sp³-hybridized carbons (Fsp3) is 0.364. The summed E-state index contributed by atoms with van der Waals surface area (Å²) in [4.78, 5) is 13.0. The number of carbonyl (C=O) groups excluding carboxylic acids is 1. The fourth-order valence-electron chi connectivity index (χ4n) is 1.94. The van der Waals surface area contributed by atoms with E-state index >= 15 is 0 Å². The van der Waals surface area contributed by atoms with Crippen LogP contribution in [0.1, 0.15) is 6.42 Å².